The number of benzene rings is 3. The summed E-state index contributed by atoms with van der Waals surface area (Å²) in [4.78, 5) is 12.7. The molecule has 0 bridgehead atoms. The Labute approximate surface area is 217 Å². The molecule has 0 saturated carbocycles. The lowest BCUT2D eigenvalue weighted by Crippen LogP contribution is -2.41. The number of carbonyl (C=O) groups excluding carboxylic acids is 1. The van der Waals surface area contributed by atoms with Crippen molar-refractivity contribution in [1.29, 1.82) is 0 Å². The SMILES string of the molecule is CCOc1ccc(CCCNC(=O)CN(c2ccc(F)cc2)S(=O)(=O)c2ccc(OC)c(OC)c2)cc1. The molecule has 0 atom stereocenters. The third-order valence-electron chi connectivity index (χ3n) is 5.54. The highest BCUT2D eigenvalue weighted by atomic mass is 32.2. The van der Waals surface area contributed by atoms with Gasteiger partial charge in [-0.25, -0.2) is 12.8 Å². The van der Waals surface area contributed by atoms with Crippen molar-refractivity contribution in [3.8, 4) is 17.2 Å². The second-order valence-corrected chi connectivity index (χ2v) is 9.90. The summed E-state index contributed by atoms with van der Waals surface area (Å²) < 4.78 is 57.4. The smallest absolute Gasteiger partial charge is 0.264 e. The zero-order chi connectivity index (χ0) is 26.8. The van der Waals surface area contributed by atoms with Crippen LogP contribution in [0.3, 0.4) is 0 Å². The van der Waals surface area contributed by atoms with Crippen molar-refractivity contribution in [2.75, 3.05) is 38.2 Å². The fourth-order valence-electron chi connectivity index (χ4n) is 3.65. The number of aryl methyl sites for hydroxylation is 1. The molecule has 3 aromatic rings. The standard InChI is InChI=1S/C27H31FN2O6S/c1-4-36-23-13-7-20(8-14-23)6-5-17-29-27(31)19-30(22-11-9-21(28)10-12-22)37(32,33)24-15-16-25(34-2)26(18-24)35-3/h7-16,18H,4-6,17,19H2,1-3H3,(H,29,31). The van der Waals surface area contributed by atoms with Gasteiger partial charge in [0.2, 0.25) is 5.91 Å². The number of sulfonamides is 1. The van der Waals surface area contributed by atoms with Gasteiger partial charge >= 0.3 is 0 Å². The van der Waals surface area contributed by atoms with Crippen molar-refractivity contribution in [3.63, 3.8) is 0 Å². The summed E-state index contributed by atoms with van der Waals surface area (Å²) in [6.45, 7) is 2.40. The highest BCUT2D eigenvalue weighted by Crippen LogP contribution is 2.32. The molecule has 0 saturated heterocycles. The predicted molar refractivity (Wildman–Crippen MR) is 139 cm³/mol. The molecule has 0 heterocycles. The fourth-order valence-corrected chi connectivity index (χ4v) is 5.09. The molecule has 0 aliphatic rings. The second-order valence-electron chi connectivity index (χ2n) is 8.04. The van der Waals surface area contributed by atoms with Gasteiger partial charge in [-0.3, -0.25) is 9.10 Å². The minimum atomic E-state index is -4.20. The van der Waals surface area contributed by atoms with Crippen molar-refractivity contribution in [1.82, 2.24) is 5.32 Å². The minimum absolute atomic E-state index is 0.0993. The molecule has 0 radical (unpaired) electrons. The van der Waals surface area contributed by atoms with Crippen molar-refractivity contribution >= 4 is 21.6 Å². The van der Waals surface area contributed by atoms with E-state index in [1.165, 1.54) is 44.6 Å². The quantitative estimate of drug-likeness (QED) is 0.333. The van der Waals surface area contributed by atoms with Gasteiger partial charge in [-0.1, -0.05) is 12.1 Å². The van der Waals surface area contributed by atoms with E-state index in [2.05, 4.69) is 5.32 Å². The molecule has 0 aliphatic heterocycles. The normalized spacial score (nSPS) is 11.0. The first-order chi connectivity index (χ1) is 17.8. The van der Waals surface area contributed by atoms with Crippen LogP contribution in [0.4, 0.5) is 10.1 Å². The second kappa shape index (κ2) is 13.0. The van der Waals surface area contributed by atoms with E-state index in [-0.39, 0.29) is 16.3 Å². The molecule has 3 rings (SSSR count). The number of rotatable bonds is 13. The van der Waals surface area contributed by atoms with Crippen LogP contribution in [0.25, 0.3) is 0 Å². The van der Waals surface area contributed by atoms with E-state index >= 15 is 0 Å². The summed E-state index contributed by atoms with van der Waals surface area (Å²) >= 11 is 0. The Balaban J connectivity index is 1.71. The molecular weight excluding hydrogens is 499 g/mol. The first kappa shape index (κ1) is 27.8. The number of amides is 1. The lowest BCUT2D eigenvalue weighted by molar-refractivity contribution is -0.119. The lowest BCUT2D eigenvalue weighted by atomic mass is 10.1. The van der Waals surface area contributed by atoms with E-state index in [9.17, 15) is 17.6 Å². The summed E-state index contributed by atoms with van der Waals surface area (Å²) in [6, 6.07) is 16.8. The molecule has 198 valence electrons. The van der Waals surface area contributed by atoms with Crippen LogP contribution >= 0.6 is 0 Å². The first-order valence-corrected chi connectivity index (χ1v) is 13.2. The Morgan fingerprint density at radius 2 is 1.62 bits per heavy atom. The maximum absolute atomic E-state index is 13.6. The van der Waals surface area contributed by atoms with Gasteiger partial charge in [0, 0.05) is 12.6 Å². The molecule has 0 fully saturated rings. The maximum Gasteiger partial charge on any atom is 0.264 e. The molecule has 10 heteroatoms. The van der Waals surface area contributed by atoms with Crippen LogP contribution in [0.2, 0.25) is 0 Å². The number of methoxy groups -OCH3 is 2. The van der Waals surface area contributed by atoms with Crippen LogP contribution in [0, 0.1) is 5.82 Å². The highest BCUT2D eigenvalue weighted by molar-refractivity contribution is 7.92. The number of carbonyl (C=O) groups is 1. The number of hydrogen-bond acceptors (Lipinski definition) is 6. The topological polar surface area (TPSA) is 94.2 Å². The molecule has 0 aliphatic carbocycles. The van der Waals surface area contributed by atoms with Crippen molar-refractivity contribution in [2.24, 2.45) is 0 Å². The Bertz CT molecular complexity index is 1280. The van der Waals surface area contributed by atoms with E-state index in [0.29, 0.717) is 25.3 Å². The highest BCUT2D eigenvalue weighted by Gasteiger charge is 2.28. The van der Waals surface area contributed by atoms with E-state index in [1.54, 1.807) is 0 Å². The molecule has 0 unspecified atom stereocenters. The van der Waals surface area contributed by atoms with Gasteiger partial charge in [0.25, 0.3) is 10.0 Å². The summed E-state index contributed by atoms with van der Waals surface area (Å²) in [5.41, 5.74) is 1.25. The molecule has 8 nitrogen and oxygen atoms in total. The summed E-state index contributed by atoms with van der Waals surface area (Å²) in [5.74, 6) is 0.378. The van der Waals surface area contributed by atoms with Gasteiger partial charge in [0.15, 0.2) is 11.5 Å². The average Bonchev–Trinajstić information content (AvgIpc) is 2.91. The summed E-state index contributed by atoms with van der Waals surface area (Å²) in [5, 5.41) is 2.77. The van der Waals surface area contributed by atoms with Gasteiger partial charge in [-0.15, -0.1) is 0 Å². The van der Waals surface area contributed by atoms with E-state index in [1.807, 2.05) is 31.2 Å². The van der Waals surface area contributed by atoms with Crippen molar-refractivity contribution in [2.45, 2.75) is 24.7 Å². The van der Waals surface area contributed by atoms with Crippen LogP contribution in [-0.2, 0) is 21.2 Å². The maximum atomic E-state index is 13.6. The average molecular weight is 531 g/mol. The molecule has 3 aromatic carbocycles. The van der Waals surface area contributed by atoms with Crippen LogP contribution in [-0.4, -0.2) is 48.2 Å². The third-order valence-corrected chi connectivity index (χ3v) is 7.31. The number of ether oxygens (including phenoxy) is 3. The number of nitrogens with zero attached hydrogens (tertiary/aromatic N) is 1. The fraction of sp³-hybridized carbons (Fsp3) is 0.296. The Morgan fingerprint density at radius 3 is 2.24 bits per heavy atom. The predicted octanol–water partition coefficient (Wildman–Crippen LogP) is 4.19. The summed E-state index contributed by atoms with van der Waals surface area (Å²) in [6.07, 6.45) is 1.40. The third kappa shape index (κ3) is 7.36. The Hall–Kier alpha value is -3.79. The number of nitrogens with one attached hydrogen (secondary N) is 1. The Kier molecular flexibility index (Phi) is 9.73. The largest absolute Gasteiger partial charge is 0.494 e. The van der Waals surface area contributed by atoms with Gasteiger partial charge in [0.05, 0.1) is 31.4 Å². The van der Waals surface area contributed by atoms with Crippen LogP contribution in [0.5, 0.6) is 17.2 Å². The minimum Gasteiger partial charge on any atom is -0.494 e. The van der Waals surface area contributed by atoms with Crippen LogP contribution < -0.4 is 23.8 Å². The molecular formula is C27H31FN2O6S. The lowest BCUT2D eigenvalue weighted by Gasteiger charge is -2.24. The number of anilines is 1. The van der Waals surface area contributed by atoms with Crippen LogP contribution in [0.15, 0.2) is 71.6 Å². The molecule has 0 spiro atoms. The number of halogens is 1. The van der Waals surface area contributed by atoms with Crippen molar-refractivity contribution < 1.29 is 31.8 Å². The van der Waals surface area contributed by atoms with Gasteiger partial charge < -0.3 is 19.5 Å². The molecule has 37 heavy (non-hydrogen) atoms. The van der Waals surface area contributed by atoms with Gasteiger partial charge in [0.1, 0.15) is 18.1 Å². The van der Waals surface area contributed by atoms with E-state index in [0.717, 1.165) is 34.2 Å². The summed E-state index contributed by atoms with van der Waals surface area (Å²) in [7, 11) is -1.36. The van der Waals surface area contributed by atoms with Gasteiger partial charge in [-0.05, 0) is 73.9 Å². The molecule has 1 amide bonds. The molecule has 1 N–H and O–H groups in total. The van der Waals surface area contributed by atoms with Crippen molar-refractivity contribution in [3.05, 3.63) is 78.1 Å². The van der Waals surface area contributed by atoms with E-state index < -0.39 is 28.3 Å². The monoisotopic (exact) mass is 530 g/mol. The molecule has 0 aromatic heterocycles. The van der Waals surface area contributed by atoms with E-state index in [4.69, 9.17) is 14.2 Å². The zero-order valence-corrected chi connectivity index (χ0v) is 21.9. The number of hydrogen-bond donors (Lipinski definition) is 1. The first-order valence-electron chi connectivity index (χ1n) is 11.8. The Morgan fingerprint density at radius 1 is 0.946 bits per heavy atom. The van der Waals surface area contributed by atoms with Gasteiger partial charge in [-0.2, -0.15) is 0 Å². The van der Waals surface area contributed by atoms with Crippen LogP contribution in [0.1, 0.15) is 18.9 Å². The zero-order valence-electron chi connectivity index (χ0n) is 21.1.